The number of carbonyl (C=O) groups excluding carboxylic acids is 1. The molecule has 10 heavy (non-hydrogen) atoms. The van der Waals surface area contributed by atoms with Crippen molar-refractivity contribution < 1.29 is 4.79 Å². The van der Waals surface area contributed by atoms with Crippen LogP contribution >= 0.6 is 11.6 Å². The van der Waals surface area contributed by atoms with Crippen LogP contribution in [0.25, 0.3) is 0 Å². The topological polar surface area (TPSA) is 41.8 Å². The maximum atomic E-state index is 10.5. The molecule has 0 amide bonds. The predicted molar refractivity (Wildman–Crippen MR) is 42.8 cm³/mol. The SMILES string of the molecule is CC(=O)/C(C)=N\N=C(\C)Cl. The van der Waals surface area contributed by atoms with Gasteiger partial charge in [-0.1, -0.05) is 11.6 Å². The number of ketones is 1. The highest BCUT2D eigenvalue weighted by Crippen LogP contribution is 1.86. The molecule has 0 saturated heterocycles. The third-order valence-corrected chi connectivity index (χ3v) is 0.923. The van der Waals surface area contributed by atoms with E-state index in [1.807, 2.05) is 0 Å². The Labute approximate surface area is 64.8 Å². The van der Waals surface area contributed by atoms with E-state index in [1.54, 1.807) is 13.8 Å². The third kappa shape index (κ3) is 4.21. The largest absolute Gasteiger partial charge is 0.293 e. The molecular formula is C6H9ClN2O. The molecule has 0 bridgehead atoms. The summed E-state index contributed by atoms with van der Waals surface area (Å²) in [5.41, 5.74) is 0.361. The monoisotopic (exact) mass is 160 g/mol. The predicted octanol–water partition coefficient (Wildman–Crippen LogP) is 1.61. The van der Waals surface area contributed by atoms with E-state index in [0.717, 1.165) is 0 Å². The summed E-state index contributed by atoms with van der Waals surface area (Å²) in [6.45, 7) is 4.61. The molecule has 4 heteroatoms. The van der Waals surface area contributed by atoms with Crippen LogP contribution < -0.4 is 0 Å². The molecule has 56 valence electrons. The lowest BCUT2D eigenvalue weighted by atomic mass is 10.3. The van der Waals surface area contributed by atoms with Gasteiger partial charge in [0.1, 0.15) is 10.9 Å². The molecule has 0 aliphatic heterocycles. The minimum atomic E-state index is -0.0957. The number of hydrogen-bond donors (Lipinski definition) is 0. The number of rotatable bonds is 2. The second kappa shape index (κ2) is 4.17. The van der Waals surface area contributed by atoms with Gasteiger partial charge in [-0.3, -0.25) is 4.79 Å². The van der Waals surface area contributed by atoms with Crippen LogP contribution in [0.5, 0.6) is 0 Å². The average Bonchev–Trinajstić information content (AvgIpc) is 1.82. The fourth-order valence-electron chi connectivity index (χ4n) is 0.214. The van der Waals surface area contributed by atoms with Crippen molar-refractivity contribution in [3.63, 3.8) is 0 Å². The molecule has 0 atom stereocenters. The minimum absolute atomic E-state index is 0.0957. The van der Waals surface area contributed by atoms with Crippen molar-refractivity contribution in [2.24, 2.45) is 10.2 Å². The molecule has 0 unspecified atom stereocenters. The zero-order chi connectivity index (χ0) is 8.15. The molecule has 0 saturated carbocycles. The van der Waals surface area contributed by atoms with E-state index < -0.39 is 0 Å². The Morgan fingerprint density at radius 3 is 2.00 bits per heavy atom. The quantitative estimate of drug-likeness (QED) is 0.447. The number of Topliss-reactive ketones (excluding diaryl/α,β-unsaturated/α-hetero) is 1. The van der Waals surface area contributed by atoms with Crippen molar-refractivity contribution in [3.8, 4) is 0 Å². The molecule has 0 radical (unpaired) electrons. The van der Waals surface area contributed by atoms with E-state index in [0.29, 0.717) is 10.9 Å². The number of halogens is 1. The van der Waals surface area contributed by atoms with Crippen molar-refractivity contribution in [1.82, 2.24) is 0 Å². The summed E-state index contributed by atoms with van der Waals surface area (Å²) in [6.07, 6.45) is 0. The fraction of sp³-hybridized carbons (Fsp3) is 0.500. The lowest BCUT2D eigenvalue weighted by Crippen LogP contribution is -2.03. The first kappa shape index (κ1) is 9.30. The summed E-state index contributed by atoms with van der Waals surface area (Å²) >= 11 is 5.36. The highest BCUT2D eigenvalue weighted by Gasteiger charge is 1.95. The minimum Gasteiger partial charge on any atom is -0.293 e. The van der Waals surface area contributed by atoms with Gasteiger partial charge < -0.3 is 0 Å². The van der Waals surface area contributed by atoms with Gasteiger partial charge >= 0.3 is 0 Å². The second-order valence-corrected chi connectivity index (χ2v) is 2.39. The molecule has 0 aliphatic carbocycles. The Kier molecular flexibility index (Phi) is 3.88. The van der Waals surface area contributed by atoms with Gasteiger partial charge in [-0.15, -0.1) is 5.10 Å². The van der Waals surface area contributed by atoms with E-state index in [1.165, 1.54) is 6.92 Å². The maximum Gasteiger partial charge on any atom is 0.175 e. The summed E-state index contributed by atoms with van der Waals surface area (Å²) in [6, 6.07) is 0. The molecule has 0 aromatic heterocycles. The lowest BCUT2D eigenvalue weighted by Gasteiger charge is -1.86. The molecule has 0 fully saturated rings. The summed E-state index contributed by atoms with van der Waals surface area (Å²) < 4.78 is 0. The van der Waals surface area contributed by atoms with Gasteiger partial charge in [-0.05, 0) is 13.8 Å². The van der Waals surface area contributed by atoms with Crippen LogP contribution in [-0.2, 0) is 4.79 Å². The molecule has 0 N–H and O–H groups in total. The molecule has 3 nitrogen and oxygen atoms in total. The maximum absolute atomic E-state index is 10.5. The average molecular weight is 161 g/mol. The third-order valence-electron chi connectivity index (χ3n) is 0.847. The molecule has 0 aromatic carbocycles. The van der Waals surface area contributed by atoms with E-state index >= 15 is 0 Å². The van der Waals surface area contributed by atoms with Crippen molar-refractivity contribution in [2.45, 2.75) is 20.8 Å². The number of nitrogens with zero attached hydrogens (tertiary/aromatic N) is 2. The van der Waals surface area contributed by atoms with Gasteiger partial charge in [-0.2, -0.15) is 5.10 Å². The number of hydrogen-bond acceptors (Lipinski definition) is 3. The molecule has 0 aliphatic rings. The van der Waals surface area contributed by atoms with E-state index in [4.69, 9.17) is 11.6 Å². The van der Waals surface area contributed by atoms with Crippen LogP contribution in [-0.4, -0.2) is 16.7 Å². The van der Waals surface area contributed by atoms with Crippen LogP contribution in [0.3, 0.4) is 0 Å². The van der Waals surface area contributed by atoms with E-state index in [-0.39, 0.29) is 5.78 Å². The first-order valence-corrected chi connectivity index (χ1v) is 3.17. The molecular weight excluding hydrogens is 152 g/mol. The number of carbonyl (C=O) groups is 1. The van der Waals surface area contributed by atoms with Crippen LogP contribution in [0, 0.1) is 0 Å². The molecule has 0 rings (SSSR count). The van der Waals surface area contributed by atoms with E-state index in [2.05, 4.69) is 10.2 Å². The Morgan fingerprint density at radius 2 is 1.70 bits per heavy atom. The molecule has 0 aromatic rings. The Morgan fingerprint density at radius 1 is 1.20 bits per heavy atom. The summed E-state index contributed by atoms with van der Waals surface area (Å²) in [5, 5.41) is 7.36. The summed E-state index contributed by atoms with van der Waals surface area (Å²) in [5.74, 6) is -0.0957. The first-order chi connectivity index (χ1) is 4.54. The van der Waals surface area contributed by atoms with Crippen LogP contribution in [0.2, 0.25) is 0 Å². The smallest absolute Gasteiger partial charge is 0.175 e. The van der Waals surface area contributed by atoms with E-state index in [9.17, 15) is 4.79 Å². The van der Waals surface area contributed by atoms with Crippen molar-refractivity contribution in [2.75, 3.05) is 0 Å². The van der Waals surface area contributed by atoms with Gasteiger partial charge in [0.15, 0.2) is 5.78 Å². The lowest BCUT2D eigenvalue weighted by molar-refractivity contribution is -0.111. The Hall–Kier alpha value is -0.700. The van der Waals surface area contributed by atoms with Gasteiger partial charge in [-0.25, -0.2) is 0 Å². The van der Waals surface area contributed by atoms with Crippen LogP contribution in [0.1, 0.15) is 20.8 Å². The molecule has 0 spiro atoms. The van der Waals surface area contributed by atoms with Gasteiger partial charge in [0.05, 0.1) is 0 Å². The van der Waals surface area contributed by atoms with Crippen LogP contribution in [0.15, 0.2) is 10.2 Å². The summed E-state index contributed by atoms with van der Waals surface area (Å²) in [7, 11) is 0. The molecule has 0 heterocycles. The highest BCUT2D eigenvalue weighted by atomic mass is 35.5. The first-order valence-electron chi connectivity index (χ1n) is 2.79. The normalized spacial score (nSPS) is 13.6. The van der Waals surface area contributed by atoms with Gasteiger partial charge in [0, 0.05) is 6.92 Å². The Balaban J connectivity index is 4.19. The van der Waals surface area contributed by atoms with Crippen LogP contribution in [0.4, 0.5) is 0 Å². The van der Waals surface area contributed by atoms with Gasteiger partial charge in [0.25, 0.3) is 0 Å². The Bertz CT molecular complexity index is 192. The fourth-order valence-corrected chi connectivity index (χ4v) is 0.252. The standard InChI is InChI=1S/C6H9ClN2O/c1-4(5(2)10)8-9-6(3)7/h1-3H3/b8-4-,9-6-. The zero-order valence-corrected chi connectivity index (χ0v) is 6.94. The second-order valence-electron chi connectivity index (χ2n) is 1.84. The van der Waals surface area contributed by atoms with Gasteiger partial charge in [0.2, 0.25) is 0 Å². The van der Waals surface area contributed by atoms with Crippen molar-refractivity contribution in [1.29, 1.82) is 0 Å². The highest BCUT2D eigenvalue weighted by molar-refractivity contribution is 6.64. The zero-order valence-electron chi connectivity index (χ0n) is 6.18. The van der Waals surface area contributed by atoms with Crippen molar-refractivity contribution >= 4 is 28.3 Å². The van der Waals surface area contributed by atoms with Crippen molar-refractivity contribution in [3.05, 3.63) is 0 Å². The summed E-state index contributed by atoms with van der Waals surface area (Å²) in [4.78, 5) is 10.5.